The van der Waals surface area contributed by atoms with Crippen molar-refractivity contribution in [3.8, 4) is 0 Å². The second-order valence-corrected chi connectivity index (χ2v) is 4.81. The van der Waals surface area contributed by atoms with Crippen molar-refractivity contribution in [1.29, 1.82) is 0 Å². The van der Waals surface area contributed by atoms with Gasteiger partial charge in [0.1, 0.15) is 0 Å². The number of nitrogens with two attached hydrogens (primary N) is 1. The van der Waals surface area contributed by atoms with Crippen LogP contribution in [0.15, 0.2) is 24.3 Å². The Labute approximate surface area is 116 Å². The monoisotopic (exact) mass is 288 g/mol. The molecule has 20 heavy (non-hydrogen) atoms. The zero-order valence-electron chi connectivity index (χ0n) is 11.3. The van der Waals surface area contributed by atoms with E-state index in [1.807, 2.05) is 6.92 Å². The van der Waals surface area contributed by atoms with Gasteiger partial charge in [-0.2, -0.15) is 13.2 Å². The zero-order valence-corrected chi connectivity index (χ0v) is 11.3. The first kappa shape index (κ1) is 16.5. The van der Waals surface area contributed by atoms with Gasteiger partial charge in [-0.15, -0.1) is 0 Å². The van der Waals surface area contributed by atoms with Crippen molar-refractivity contribution in [2.24, 2.45) is 11.7 Å². The lowest BCUT2D eigenvalue weighted by atomic mass is 10.1. The van der Waals surface area contributed by atoms with Gasteiger partial charge < -0.3 is 11.1 Å². The van der Waals surface area contributed by atoms with E-state index in [0.717, 1.165) is 25.0 Å². The summed E-state index contributed by atoms with van der Waals surface area (Å²) in [6.45, 7) is 3.12. The number of carbonyl (C=O) groups excluding carboxylic acids is 1. The molecule has 0 aromatic heterocycles. The molecule has 1 aromatic rings. The Bertz CT molecular complexity index is 429. The fraction of sp³-hybridized carbons (Fsp3) is 0.500. The Balaban J connectivity index is 2.44. The summed E-state index contributed by atoms with van der Waals surface area (Å²) in [7, 11) is 0. The molecule has 0 spiro atoms. The summed E-state index contributed by atoms with van der Waals surface area (Å²) in [5, 5.41) is 2.68. The number of amides is 1. The molecule has 0 aliphatic carbocycles. The number of halogens is 3. The van der Waals surface area contributed by atoms with Gasteiger partial charge in [-0.25, -0.2) is 0 Å². The maximum absolute atomic E-state index is 12.4. The average molecular weight is 288 g/mol. The molecule has 0 aliphatic heterocycles. The maximum Gasteiger partial charge on any atom is 0.416 e. The molecule has 6 heteroatoms. The molecule has 0 aliphatic rings. The van der Waals surface area contributed by atoms with Gasteiger partial charge in [0.2, 0.25) is 0 Å². The van der Waals surface area contributed by atoms with Crippen LogP contribution in [0, 0.1) is 5.92 Å². The topological polar surface area (TPSA) is 55.1 Å². The van der Waals surface area contributed by atoms with Gasteiger partial charge in [0, 0.05) is 12.1 Å². The van der Waals surface area contributed by atoms with Crippen LogP contribution in [-0.2, 0) is 6.18 Å². The number of nitrogens with one attached hydrogen (secondary N) is 1. The number of rotatable bonds is 6. The summed E-state index contributed by atoms with van der Waals surface area (Å²) in [4.78, 5) is 11.7. The summed E-state index contributed by atoms with van der Waals surface area (Å²) >= 11 is 0. The van der Waals surface area contributed by atoms with E-state index in [0.29, 0.717) is 19.0 Å². The highest BCUT2D eigenvalue weighted by Crippen LogP contribution is 2.29. The highest BCUT2D eigenvalue weighted by atomic mass is 19.4. The fourth-order valence-electron chi connectivity index (χ4n) is 1.68. The number of hydrogen-bond acceptors (Lipinski definition) is 2. The van der Waals surface area contributed by atoms with Crippen LogP contribution in [0.3, 0.4) is 0 Å². The minimum absolute atomic E-state index is 0.227. The van der Waals surface area contributed by atoms with E-state index >= 15 is 0 Å². The number of carbonyl (C=O) groups is 1. The largest absolute Gasteiger partial charge is 0.416 e. The van der Waals surface area contributed by atoms with Crippen LogP contribution < -0.4 is 11.1 Å². The molecule has 112 valence electrons. The molecule has 0 radical (unpaired) electrons. The average Bonchev–Trinajstić information content (AvgIpc) is 2.42. The Morgan fingerprint density at radius 1 is 1.30 bits per heavy atom. The first-order valence-corrected chi connectivity index (χ1v) is 6.50. The Hall–Kier alpha value is -1.56. The summed E-state index contributed by atoms with van der Waals surface area (Å²) < 4.78 is 37.1. The first-order valence-electron chi connectivity index (χ1n) is 6.50. The Morgan fingerprint density at radius 3 is 2.40 bits per heavy atom. The van der Waals surface area contributed by atoms with Gasteiger partial charge in [0.05, 0.1) is 5.56 Å². The van der Waals surface area contributed by atoms with Crippen LogP contribution in [0.2, 0.25) is 0 Å². The van der Waals surface area contributed by atoms with Crippen molar-refractivity contribution in [3.63, 3.8) is 0 Å². The lowest BCUT2D eigenvalue weighted by Gasteiger charge is -2.10. The predicted molar refractivity (Wildman–Crippen MR) is 71.2 cm³/mol. The summed E-state index contributed by atoms with van der Waals surface area (Å²) in [6, 6.07) is 4.18. The Kier molecular flexibility index (Phi) is 6.01. The number of benzene rings is 1. The van der Waals surface area contributed by atoms with Crippen LogP contribution in [-0.4, -0.2) is 19.0 Å². The molecule has 1 aromatic carbocycles. The summed E-state index contributed by atoms with van der Waals surface area (Å²) in [5.74, 6) is 0.0390. The molecule has 0 saturated heterocycles. The minimum Gasteiger partial charge on any atom is -0.352 e. The van der Waals surface area contributed by atoms with Crippen LogP contribution >= 0.6 is 0 Å². The van der Waals surface area contributed by atoms with E-state index in [1.54, 1.807) is 0 Å². The molecule has 0 bridgehead atoms. The molecule has 1 amide bonds. The normalized spacial score (nSPS) is 13.1. The van der Waals surface area contributed by atoms with Crippen LogP contribution in [0.25, 0.3) is 0 Å². The third-order valence-corrected chi connectivity index (χ3v) is 3.04. The smallest absolute Gasteiger partial charge is 0.352 e. The van der Waals surface area contributed by atoms with Crippen molar-refractivity contribution in [1.82, 2.24) is 5.32 Å². The lowest BCUT2D eigenvalue weighted by Crippen LogP contribution is -2.25. The molecule has 1 rings (SSSR count). The quantitative estimate of drug-likeness (QED) is 0.791. The number of alkyl halides is 3. The maximum atomic E-state index is 12.4. The SMILES string of the molecule is CC(CN)CCCNC(=O)c1ccc(C(F)(F)F)cc1. The molecular weight excluding hydrogens is 269 g/mol. The van der Waals surface area contributed by atoms with Crippen molar-refractivity contribution >= 4 is 5.91 Å². The summed E-state index contributed by atoms with van der Waals surface area (Å²) in [6.07, 6.45) is -2.68. The summed E-state index contributed by atoms with van der Waals surface area (Å²) in [5.41, 5.74) is 4.94. The van der Waals surface area contributed by atoms with Gasteiger partial charge in [0.15, 0.2) is 0 Å². The number of hydrogen-bond donors (Lipinski definition) is 2. The second kappa shape index (κ2) is 7.28. The van der Waals surface area contributed by atoms with Gasteiger partial charge in [-0.05, 0) is 49.6 Å². The molecule has 0 heterocycles. The Morgan fingerprint density at radius 2 is 1.90 bits per heavy atom. The van der Waals surface area contributed by atoms with Crippen molar-refractivity contribution in [3.05, 3.63) is 35.4 Å². The molecule has 0 saturated carbocycles. The first-order chi connectivity index (χ1) is 9.34. The van der Waals surface area contributed by atoms with E-state index < -0.39 is 11.7 Å². The molecule has 1 unspecified atom stereocenters. The van der Waals surface area contributed by atoms with Gasteiger partial charge >= 0.3 is 6.18 Å². The van der Waals surface area contributed by atoms with Crippen LogP contribution in [0.1, 0.15) is 35.7 Å². The van der Waals surface area contributed by atoms with E-state index in [2.05, 4.69) is 5.32 Å². The van der Waals surface area contributed by atoms with Crippen LogP contribution in [0.4, 0.5) is 13.2 Å². The van der Waals surface area contributed by atoms with Crippen molar-refractivity contribution in [2.75, 3.05) is 13.1 Å². The molecular formula is C14H19F3N2O. The van der Waals surface area contributed by atoms with Gasteiger partial charge in [-0.1, -0.05) is 6.92 Å². The second-order valence-electron chi connectivity index (χ2n) is 4.81. The zero-order chi connectivity index (χ0) is 15.2. The molecule has 0 fully saturated rings. The standard InChI is InChI=1S/C14H19F3N2O/c1-10(9-18)3-2-8-19-13(20)11-4-6-12(7-5-11)14(15,16)17/h4-7,10H,2-3,8-9,18H2,1H3,(H,19,20). The third kappa shape index (κ3) is 5.21. The van der Waals surface area contributed by atoms with Crippen molar-refractivity contribution in [2.45, 2.75) is 25.9 Å². The molecule has 3 N–H and O–H groups in total. The minimum atomic E-state index is -4.38. The van der Waals surface area contributed by atoms with Gasteiger partial charge in [-0.3, -0.25) is 4.79 Å². The molecule has 3 nitrogen and oxygen atoms in total. The van der Waals surface area contributed by atoms with E-state index in [1.165, 1.54) is 12.1 Å². The van der Waals surface area contributed by atoms with Crippen LogP contribution in [0.5, 0.6) is 0 Å². The van der Waals surface area contributed by atoms with Gasteiger partial charge in [0.25, 0.3) is 5.91 Å². The molecule has 1 atom stereocenters. The predicted octanol–water partition coefficient (Wildman–Crippen LogP) is 2.81. The van der Waals surface area contributed by atoms with Crippen molar-refractivity contribution < 1.29 is 18.0 Å². The van der Waals surface area contributed by atoms with E-state index in [-0.39, 0.29) is 11.5 Å². The highest BCUT2D eigenvalue weighted by Gasteiger charge is 2.30. The fourth-order valence-corrected chi connectivity index (χ4v) is 1.68. The lowest BCUT2D eigenvalue weighted by molar-refractivity contribution is -0.137. The highest BCUT2D eigenvalue weighted by molar-refractivity contribution is 5.94. The van der Waals surface area contributed by atoms with E-state index in [9.17, 15) is 18.0 Å². The van der Waals surface area contributed by atoms with E-state index in [4.69, 9.17) is 5.73 Å². The third-order valence-electron chi connectivity index (χ3n) is 3.04.